The Kier molecular flexibility index (Phi) is 5.82. The second-order valence-electron chi connectivity index (χ2n) is 7.15. The van der Waals surface area contributed by atoms with Crippen LogP contribution in [0.25, 0.3) is 0 Å². The van der Waals surface area contributed by atoms with Crippen molar-refractivity contribution in [2.24, 2.45) is 0 Å². The molecule has 0 saturated heterocycles. The second kappa shape index (κ2) is 8.57. The highest BCUT2D eigenvalue weighted by Crippen LogP contribution is 2.44. The van der Waals surface area contributed by atoms with Gasteiger partial charge in [-0.05, 0) is 43.3 Å². The maximum Gasteiger partial charge on any atom is 0.211 e. The third kappa shape index (κ3) is 4.15. The average Bonchev–Trinajstić information content (AvgIpc) is 3.12. The molecule has 0 fully saturated rings. The summed E-state index contributed by atoms with van der Waals surface area (Å²) >= 11 is 0.954. The Labute approximate surface area is 189 Å². The van der Waals surface area contributed by atoms with E-state index in [0.717, 1.165) is 16.9 Å². The maximum atomic E-state index is 13.5. The van der Waals surface area contributed by atoms with Gasteiger partial charge in [0.2, 0.25) is 15.6 Å². The number of nitrogen functional groups attached to an aromatic ring is 1. The molecule has 0 radical (unpaired) electrons. The molecule has 5 nitrogen and oxygen atoms in total. The van der Waals surface area contributed by atoms with Gasteiger partial charge in [0.15, 0.2) is 0 Å². The van der Waals surface area contributed by atoms with Crippen molar-refractivity contribution >= 4 is 43.3 Å². The fourth-order valence-corrected chi connectivity index (χ4v) is 6.10. The number of ketones is 1. The number of hydrogen-bond acceptors (Lipinski definition) is 6. The van der Waals surface area contributed by atoms with E-state index in [2.05, 4.69) is 5.32 Å². The van der Waals surface area contributed by atoms with Gasteiger partial charge in [0.05, 0.1) is 10.6 Å². The normalized spacial score (nSPS) is 11.3. The van der Waals surface area contributed by atoms with Gasteiger partial charge in [-0.1, -0.05) is 48.0 Å². The summed E-state index contributed by atoms with van der Waals surface area (Å²) in [5.74, 6) is -0.797. The highest BCUT2D eigenvalue weighted by molar-refractivity contribution is 7.92. The number of benzene rings is 3. The Hall–Kier alpha value is -3.49. The summed E-state index contributed by atoms with van der Waals surface area (Å²) in [7, 11) is -4.04. The molecule has 32 heavy (non-hydrogen) atoms. The van der Waals surface area contributed by atoms with Gasteiger partial charge >= 0.3 is 0 Å². The SMILES string of the molecule is Cc1ccc(S(=O)(=O)c2c(Nc3ccc(F)cc3)sc(C(=O)c3ccccc3)c2N)cc1. The van der Waals surface area contributed by atoms with Crippen LogP contribution in [0.4, 0.5) is 20.8 Å². The first-order valence-electron chi connectivity index (χ1n) is 9.64. The Morgan fingerprint density at radius 2 is 1.56 bits per heavy atom. The molecule has 0 atom stereocenters. The van der Waals surface area contributed by atoms with Gasteiger partial charge in [0.25, 0.3) is 0 Å². The van der Waals surface area contributed by atoms with Gasteiger partial charge in [0, 0.05) is 11.3 Å². The van der Waals surface area contributed by atoms with Gasteiger partial charge in [-0.2, -0.15) is 0 Å². The number of carbonyl (C=O) groups excluding carboxylic acids is 1. The zero-order valence-electron chi connectivity index (χ0n) is 17.0. The molecule has 0 aliphatic rings. The van der Waals surface area contributed by atoms with Crippen LogP contribution in [-0.4, -0.2) is 14.2 Å². The van der Waals surface area contributed by atoms with Crippen LogP contribution in [0, 0.1) is 12.7 Å². The number of halogens is 1. The first-order chi connectivity index (χ1) is 15.3. The zero-order valence-corrected chi connectivity index (χ0v) is 18.6. The number of nitrogens with one attached hydrogen (secondary N) is 1. The molecule has 4 rings (SSSR count). The summed E-state index contributed by atoms with van der Waals surface area (Å²) < 4.78 is 40.4. The van der Waals surface area contributed by atoms with E-state index < -0.39 is 15.7 Å². The molecular formula is C24H19FN2O3S2. The van der Waals surface area contributed by atoms with Gasteiger partial charge in [-0.3, -0.25) is 4.79 Å². The van der Waals surface area contributed by atoms with Crippen molar-refractivity contribution in [2.45, 2.75) is 16.7 Å². The molecule has 1 aromatic heterocycles. The van der Waals surface area contributed by atoms with E-state index >= 15 is 0 Å². The van der Waals surface area contributed by atoms with Crippen LogP contribution in [0.1, 0.15) is 20.8 Å². The molecule has 3 N–H and O–H groups in total. The molecule has 3 aromatic carbocycles. The van der Waals surface area contributed by atoms with E-state index in [1.807, 2.05) is 6.92 Å². The molecule has 162 valence electrons. The molecule has 4 aromatic rings. The minimum absolute atomic E-state index is 0.0634. The molecule has 0 saturated carbocycles. The van der Waals surface area contributed by atoms with E-state index in [0.29, 0.717) is 11.3 Å². The number of carbonyl (C=O) groups is 1. The minimum Gasteiger partial charge on any atom is -0.396 e. The molecule has 1 heterocycles. The third-order valence-corrected chi connectivity index (χ3v) is 7.95. The predicted molar refractivity (Wildman–Crippen MR) is 125 cm³/mol. The fraction of sp³-hybridized carbons (Fsp3) is 0.0417. The van der Waals surface area contributed by atoms with Crippen molar-refractivity contribution in [3.63, 3.8) is 0 Å². The molecule has 0 unspecified atom stereocenters. The highest BCUT2D eigenvalue weighted by atomic mass is 32.2. The van der Waals surface area contributed by atoms with Gasteiger partial charge in [0.1, 0.15) is 20.6 Å². The van der Waals surface area contributed by atoms with E-state index in [4.69, 9.17) is 5.73 Å². The van der Waals surface area contributed by atoms with Gasteiger partial charge < -0.3 is 11.1 Å². The van der Waals surface area contributed by atoms with E-state index in [1.165, 1.54) is 36.4 Å². The van der Waals surface area contributed by atoms with Crippen molar-refractivity contribution in [3.8, 4) is 0 Å². The molecular weight excluding hydrogens is 447 g/mol. The molecule has 0 bridgehead atoms. The number of nitrogens with two attached hydrogens (primary N) is 1. The molecule has 0 aliphatic carbocycles. The number of hydrogen-bond donors (Lipinski definition) is 2. The Morgan fingerprint density at radius 1 is 0.938 bits per heavy atom. The smallest absolute Gasteiger partial charge is 0.211 e. The summed E-state index contributed by atoms with van der Waals surface area (Å²) in [5, 5.41) is 3.18. The Bertz CT molecular complexity index is 1380. The summed E-state index contributed by atoms with van der Waals surface area (Å²) in [5.41, 5.74) is 7.94. The van der Waals surface area contributed by atoms with Gasteiger partial charge in [-0.25, -0.2) is 12.8 Å². The van der Waals surface area contributed by atoms with Crippen LogP contribution >= 0.6 is 11.3 Å². The van der Waals surface area contributed by atoms with Crippen LogP contribution in [0.2, 0.25) is 0 Å². The lowest BCUT2D eigenvalue weighted by molar-refractivity contribution is 0.104. The van der Waals surface area contributed by atoms with Crippen LogP contribution in [0.3, 0.4) is 0 Å². The van der Waals surface area contributed by atoms with Crippen molar-refractivity contribution < 1.29 is 17.6 Å². The second-order valence-corrected chi connectivity index (χ2v) is 10.1. The monoisotopic (exact) mass is 466 g/mol. The minimum atomic E-state index is -4.04. The Balaban J connectivity index is 1.88. The average molecular weight is 467 g/mol. The number of anilines is 3. The molecule has 0 amide bonds. The first kappa shape index (κ1) is 21.7. The summed E-state index contributed by atoms with van der Waals surface area (Å²) in [6, 6.07) is 20.4. The van der Waals surface area contributed by atoms with Crippen LogP contribution < -0.4 is 11.1 Å². The van der Waals surface area contributed by atoms with Crippen molar-refractivity contribution in [3.05, 3.63) is 101 Å². The molecule has 0 spiro atoms. The lowest BCUT2D eigenvalue weighted by atomic mass is 10.1. The number of sulfone groups is 1. The number of thiophene rings is 1. The van der Waals surface area contributed by atoms with Crippen molar-refractivity contribution in [1.82, 2.24) is 0 Å². The quantitative estimate of drug-likeness (QED) is 0.362. The van der Waals surface area contributed by atoms with Crippen LogP contribution in [0.15, 0.2) is 88.7 Å². The number of aryl methyl sites for hydroxylation is 1. The van der Waals surface area contributed by atoms with Crippen LogP contribution in [-0.2, 0) is 9.84 Å². The topological polar surface area (TPSA) is 89.3 Å². The van der Waals surface area contributed by atoms with E-state index in [-0.39, 0.29) is 31.1 Å². The molecule has 8 heteroatoms. The number of rotatable bonds is 6. The first-order valence-corrected chi connectivity index (χ1v) is 11.9. The van der Waals surface area contributed by atoms with Crippen LogP contribution in [0.5, 0.6) is 0 Å². The third-order valence-electron chi connectivity index (χ3n) is 4.84. The summed E-state index contributed by atoms with van der Waals surface area (Å²) in [6.45, 7) is 1.85. The van der Waals surface area contributed by atoms with E-state index in [9.17, 15) is 17.6 Å². The summed E-state index contributed by atoms with van der Waals surface area (Å²) in [6.07, 6.45) is 0. The maximum absolute atomic E-state index is 13.5. The lowest BCUT2D eigenvalue weighted by Crippen LogP contribution is -2.08. The largest absolute Gasteiger partial charge is 0.396 e. The van der Waals surface area contributed by atoms with E-state index in [1.54, 1.807) is 42.5 Å². The van der Waals surface area contributed by atoms with Crippen molar-refractivity contribution in [2.75, 3.05) is 11.1 Å². The Morgan fingerprint density at radius 3 is 2.19 bits per heavy atom. The standard InChI is InChI=1S/C24H19FN2O3S2/c1-15-7-13-19(14-8-15)32(29,30)23-20(26)22(21(28)16-5-3-2-4-6-16)31-24(23)27-18-11-9-17(25)10-12-18/h2-14,27H,26H2,1H3. The molecule has 0 aliphatic heterocycles. The van der Waals surface area contributed by atoms with Gasteiger partial charge in [-0.15, -0.1) is 11.3 Å². The highest BCUT2D eigenvalue weighted by Gasteiger charge is 2.31. The predicted octanol–water partition coefficient (Wildman–Crippen LogP) is 5.59. The fourth-order valence-electron chi connectivity index (χ4n) is 3.17. The summed E-state index contributed by atoms with van der Waals surface area (Å²) in [4.78, 5) is 13.1. The van der Waals surface area contributed by atoms with Crippen molar-refractivity contribution in [1.29, 1.82) is 0 Å². The lowest BCUT2D eigenvalue weighted by Gasteiger charge is -2.10. The zero-order chi connectivity index (χ0) is 22.9.